The fourth-order valence-electron chi connectivity index (χ4n) is 3.99. The van der Waals surface area contributed by atoms with Gasteiger partial charge in [0, 0.05) is 24.8 Å². The molecule has 5 nitrogen and oxygen atoms in total. The zero-order valence-electron chi connectivity index (χ0n) is 15.6. The molecule has 1 aromatic heterocycles. The van der Waals surface area contributed by atoms with Gasteiger partial charge in [0.15, 0.2) is 6.29 Å². The SMILES string of the molecule is CC(Cc1cc(O)c(C(c2ccccc2)C2CC2)c(=O)o1)CC1OCCO1. The highest BCUT2D eigenvalue weighted by atomic mass is 16.7. The van der Waals surface area contributed by atoms with Gasteiger partial charge in [0.1, 0.15) is 11.5 Å². The third kappa shape index (κ3) is 4.25. The van der Waals surface area contributed by atoms with Crippen molar-refractivity contribution in [2.24, 2.45) is 11.8 Å². The van der Waals surface area contributed by atoms with Crippen LogP contribution in [0.3, 0.4) is 0 Å². The van der Waals surface area contributed by atoms with Crippen molar-refractivity contribution >= 4 is 0 Å². The Morgan fingerprint density at radius 2 is 1.85 bits per heavy atom. The highest BCUT2D eigenvalue weighted by Crippen LogP contribution is 2.47. The van der Waals surface area contributed by atoms with E-state index in [1.54, 1.807) is 6.07 Å². The molecule has 1 saturated carbocycles. The average Bonchev–Trinajstić information content (AvgIpc) is 3.35. The predicted molar refractivity (Wildman–Crippen MR) is 101 cm³/mol. The first-order valence-electron chi connectivity index (χ1n) is 9.76. The van der Waals surface area contributed by atoms with Gasteiger partial charge in [0.25, 0.3) is 0 Å². The van der Waals surface area contributed by atoms with Crippen molar-refractivity contribution in [2.45, 2.75) is 44.8 Å². The minimum atomic E-state index is -0.425. The van der Waals surface area contributed by atoms with Crippen molar-refractivity contribution in [1.82, 2.24) is 0 Å². The second-order valence-corrected chi connectivity index (χ2v) is 7.74. The van der Waals surface area contributed by atoms with Crippen LogP contribution in [0.5, 0.6) is 5.75 Å². The lowest BCUT2D eigenvalue weighted by molar-refractivity contribution is -0.0557. The van der Waals surface area contributed by atoms with E-state index < -0.39 is 5.63 Å². The van der Waals surface area contributed by atoms with Crippen LogP contribution in [-0.4, -0.2) is 24.6 Å². The summed E-state index contributed by atoms with van der Waals surface area (Å²) < 4.78 is 16.6. The van der Waals surface area contributed by atoms with Crippen LogP contribution >= 0.6 is 0 Å². The third-order valence-corrected chi connectivity index (χ3v) is 5.42. The lowest BCUT2D eigenvalue weighted by Gasteiger charge is -2.19. The summed E-state index contributed by atoms with van der Waals surface area (Å²) in [5.41, 5.74) is 1.02. The average molecular weight is 370 g/mol. The monoisotopic (exact) mass is 370 g/mol. The van der Waals surface area contributed by atoms with E-state index in [9.17, 15) is 9.90 Å². The van der Waals surface area contributed by atoms with Crippen LogP contribution in [0, 0.1) is 11.8 Å². The number of aromatic hydroxyl groups is 1. The number of hydrogen-bond acceptors (Lipinski definition) is 5. The maximum atomic E-state index is 12.8. The molecule has 2 fully saturated rings. The van der Waals surface area contributed by atoms with Crippen molar-refractivity contribution in [3.8, 4) is 5.75 Å². The first-order valence-corrected chi connectivity index (χ1v) is 9.76. The molecule has 1 N–H and O–H groups in total. The molecule has 1 aromatic carbocycles. The van der Waals surface area contributed by atoms with E-state index in [1.807, 2.05) is 30.3 Å². The second-order valence-electron chi connectivity index (χ2n) is 7.74. The summed E-state index contributed by atoms with van der Waals surface area (Å²) in [7, 11) is 0. The normalized spacial score (nSPS) is 19.9. The van der Waals surface area contributed by atoms with E-state index in [2.05, 4.69) is 6.92 Å². The predicted octanol–water partition coefficient (Wildman–Crippen LogP) is 3.83. The molecule has 27 heavy (non-hydrogen) atoms. The summed E-state index contributed by atoms with van der Waals surface area (Å²) >= 11 is 0. The van der Waals surface area contributed by atoms with Crippen molar-refractivity contribution in [1.29, 1.82) is 0 Å². The number of hydrogen-bond donors (Lipinski definition) is 1. The highest BCUT2D eigenvalue weighted by Gasteiger charge is 2.37. The van der Waals surface area contributed by atoms with Gasteiger partial charge < -0.3 is 19.0 Å². The Morgan fingerprint density at radius 1 is 1.15 bits per heavy atom. The van der Waals surface area contributed by atoms with Crippen LogP contribution in [-0.2, 0) is 15.9 Å². The van der Waals surface area contributed by atoms with E-state index in [4.69, 9.17) is 13.9 Å². The van der Waals surface area contributed by atoms with Gasteiger partial charge in [0.05, 0.1) is 18.8 Å². The Morgan fingerprint density at radius 3 is 2.48 bits per heavy atom. The van der Waals surface area contributed by atoms with Crippen molar-refractivity contribution in [2.75, 3.05) is 13.2 Å². The minimum Gasteiger partial charge on any atom is -0.507 e. The Bertz CT molecular complexity index is 818. The second kappa shape index (κ2) is 7.87. The summed E-state index contributed by atoms with van der Waals surface area (Å²) in [4.78, 5) is 12.8. The first kappa shape index (κ1) is 18.3. The van der Waals surface area contributed by atoms with Crippen LogP contribution in [0.25, 0.3) is 0 Å². The molecule has 2 aliphatic rings. The Kier molecular flexibility index (Phi) is 5.32. The number of rotatable bonds is 7. The number of ether oxygens (including phenoxy) is 2. The van der Waals surface area contributed by atoms with E-state index in [0.717, 1.165) is 24.8 Å². The Labute approximate surface area is 158 Å². The standard InChI is InChI=1S/C22H26O5/c1-14(12-19-25-9-10-26-19)11-17-13-18(23)21(22(24)27-17)20(16-7-8-16)15-5-3-2-4-6-15/h2-6,13-14,16,19-20,23H,7-12H2,1H3. The number of benzene rings is 1. The third-order valence-electron chi connectivity index (χ3n) is 5.42. The molecule has 0 bridgehead atoms. The lowest BCUT2D eigenvalue weighted by Crippen LogP contribution is -2.18. The van der Waals surface area contributed by atoms with E-state index >= 15 is 0 Å². The molecular weight excluding hydrogens is 344 g/mol. The molecule has 1 saturated heterocycles. The highest BCUT2D eigenvalue weighted by molar-refractivity contribution is 5.41. The van der Waals surface area contributed by atoms with E-state index in [0.29, 0.717) is 36.9 Å². The van der Waals surface area contributed by atoms with Gasteiger partial charge in [-0.25, -0.2) is 4.79 Å². The van der Waals surface area contributed by atoms with Crippen molar-refractivity contribution in [3.05, 3.63) is 63.7 Å². The van der Waals surface area contributed by atoms with Crippen LogP contribution in [0.2, 0.25) is 0 Å². The zero-order valence-corrected chi connectivity index (χ0v) is 15.6. The van der Waals surface area contributed by atoms with Gasteiger partial charge in [-0.3, -0.25) is 0 Å². The lowest BCUT2D eigenvalue weighted by atomic mass is 9.87. The molecule has 0 amide bonds. The van der Waals surface area contributed by atoms with Gasteiger partial charge in [-0.05, 0) is 30.2 Å². The molecule has 2 atom stereocenters. The van der Waals surface area contributed by atoms with Gasteiger partial charge in [-0.15, -0.1) is 0 Å². The molecule has 2 unspecified atom stereocenters. The van der Waals surface area contributed by atoms with Crippen LogP contribution in [0.1, 0.15) is 49.0 Å². The van der Waals surface area contributed by atoms with E-state index in [-0.39, 0.29) is 23.9 Å². The van der Waals surface area contributed by atoms with Gasteiger partial charge in [0.2, 0.25) is 0 Å². The molecule has 1 aliphatic heterocycles. The molecule has 2 heterocycles. The zero-order chi connectivity index (χ0) is 18.8. The topological polar surface area (TPSA) is 68.9 Å². The first-order chi connectivity index (χ1) is 13.1. The largest absolute Gasteiger partial charge is 0.507 e. The Hall–Kier alpha value is -2.11. The van der Waals surface area contributed by atoms with Gasteiger partial charge in [-0.2, -0.15) is 0 Å². The molecule has 0 radical (unpaired) electrons. The summed E-state index contributed by atoms with van der Waals surface area (Å²) in [6, 6.07) is 11.5. The summed E-state index contributed by atoms with van der Waals surface area (Å²) in [6.07, 6.45) is 3.25. The maximum Gasteiger partial charge on any atom is 0.343 e. The van der Waals surface area contributed by atoms with Crippen LogP contribution in [0.15, 0.2) is 45.6 Å². The molecular formula is C22H26O5. The molecule has 144 valence electrons. The quantitative estimate of drug-likeness (QED) is 0.802. The summed E-state index contributed by atoms with van der Waals surface area (Å²) in [5.74, 6) is 1.06. The van der Waals surface area contributed by atoms with Crippen LogP contribution < -0.4 is 5.63 Å². The molecule has 5 heteroatoms. The van der Waals surface area contributed by atoms with Crippen molar-refractivity contribution in [3.63, 3.8) is 0 Å². The minimum absolute atomic E-state index is 0.0440. The molecule has 1 aliphatic carbocycles. The molecule has 2 aromatic rings. The van der Waals surface area contributed by atoms with Gasteiger partial charge >= 0.3 is 5.63 Å². The summed E-state index contributed by atoms with van der Waals surface area (Å²) in [5, 5.41) is 10.7. The summed E-state index contributed by atoms with van der Waals surface area (Å²) in [6.45, 7) is 3.32. The maximum absolute atomic E-state index is 12.8. The van der Waals surface area contributed by atoms with E-state index in [1.165, 1.54) is 0 Å². The van der Waals surface area contributed by atoms with Gasteiger partial charge in [-0.1, -0.05) is 37.3 Å². The fourth-order valence-corrected chi connectivity index (χ4v) is 3.99. The van der Waals surface area contributed by atoms with Crippen LogP contribution in [0.4, 0.5) is 0 Å². The van der Waals surface area contributed by atoms with Crippen molar-refractivity contribution < 1.29 is 19.0 Å². The molecule has 0 spiro atoms. The smallest absolute Gasteiger partial charge is 0.343 e. The Balaban J connectivity index is 1.55. The molecule has 4 rings (SSSR count). The fraction of sp³-hybridized carbons (Fsp3) is 0.500.